The third-order valence-corrected chi connectivity index (χ3v) is 5.34. The van der Waals surface area contributed by atoms with Crippen molar-refractivity contribution in [2.24, 2.45) is 5.73 Å². The van der Waals surface area contributed by atoms with Crippen LogP contribution in [0.25, 0.3) is 15.5 Å². The molecule has 0 saturated carbocycles. The van der Waals surface area contributed by atoms with E-state index in [1.807, 2.05) is 17.5 Å². The molecule has 0 spiro atoms. The van der Waals surface area contributed by atoms with Crippen molar-refractivity contribution in [3.63, 3.8) is 0 Å². The Kier molecular flexibility index (Phi) is 4.95. The standard InChI is InChI=1S/C16H11N5O2S2/c17-8-11(9-18)14(10-3-1-4-12(7-10)21(22)23)16-20-19-15(25-16)13-5-2-6-24-13/h1-7H,8,17H2/b14-11+. The number of nitrogens with two attached hydrogens (primary N) is 1. The van der Waals surface area contributed by atoms with Gasteiger partial charge in [-0.1, -0.05) is 29.5 Å². The van der Waals surface area contributed by atoms with Crippen molar-refractivity contribution in [2.75, 3.05) is 6.54 Å². The molecule has 7 nitrogen and oxygen atoms in total. The van der Waals surface area contributed by atoms with Crippen molar-refractivity contribution < 1.29 is 4.92 Å². The molecular weight excluding hydrogens is 358 g/mol. The Labute approximate surface area is 150 Å². The number of benzene rings is 1. The molecule has 9 heteroatoms. The van der Waals surface area contributed by atoms with Crippen molar-refractivity contribution >= 4 is 33.9 Å². The number of nitriles is 1. The van der Waals surface area contributed by atoms with Crippen LogP contribution in [0.5, 0.6) is 0 Å². The molecule has 0 aliphatic carbocycles. The van der Waals surface area contributed by atoms with Gasteiger partial charge in [0.1, 0.15) is 5.01 Å². The predicted octanol–water partition coefficient (Wildman–Crippen LogP) is 3.46. The number of non-ortho nitro benzene ring substituents is 1. The molecule has 0 bridgehead atoms. The lowest BCUT2D eigenvalue weighted by atomic mass is 10.0. The zero-order valence-corrected chi connectivity index (χ0v) is 14.4. The van der Waals surface area contributed by atoms with Crippen LogP contribution in [0.4, 0.5) is 5.69 Å². The molecule has 3 aromatic rings. The van der Waals surface area contributed by atoms with Crippen molar-refractivity contribution in [1.29, 1.82) is 5.26 Å². The monoisotopic (exact) mass is 369 g/mol. The van der Waals surface area contributed by atoms with Gasteiger partial charge in [-0.25, -0.2) is 0 Å². The van der Waals surface area contributed by atoms with Crippen molar-refractivity contribution in [1.82, 2.24) is 10.2 Å². The SMILES string of the molecule is N#C/C(CN)=C(\c1cccc([N+](=O)[O-])c1)c1nnc(-c2cccs2)s1. The lowest BCUT2D eigenvalue weighted by Gasteiger charge is -2.06. The maximum atomic E-state index is 11.1. The predicted molar refractivity (Wildman–Crippen MR) is 97.0 cm³/mol. The number of aromatic nitrogens is 2. The van der Waals surface area contributed by atoms with Gasteiger partial charge in [0, 0.05) is 24.3 Å². The molecule has 0 amide bonds. The summed E-state index contributed by atoms with van der Waals surface area (Å²) in [5.74, 6) is 0. The molecule has 0 fully saturated rings. The molecule has 0 unspecified atom stereocenters. The lowest BCUT2D eigenvalue weighted by molar-refractivity contribution is -0.384. The van der Waals surface area contributed by atoms with Gasteiger partial charge in [0.25, 0.3) is 5.69 Å². The van der Waals surface area contributed by atoms with E-state index < -0.39 is 4.92 Å². The van der Waals surface area contributed by atoms with E-state index in [2.05, 4.69) is 16.3 Å². The van der Waals surface area contributed by atoms with Crippen LogP contribution >= 0.6 is 22.7 Å². The van der Waals surface area contributed by atoms with E-state index >= 15 is 0 Å². The van der Waals surface area contributed by atoms with Crippen LogP contribution in [0.15, 0.2) is 47.4 Å². The van der Waals surface area contributed by atoms with Crippen LogP contribution in [0.3, 0.4) is 0 Å². The van der Waals surface area contributed by atoms with Gasteiger partial charge in [-0.3, -0.25) is 10.1 Å². The first-order valence-electron chi connectivity index (χ1n) is 7.10. The van der Waals surface area contributed by atoms with Crippen LogP contribution in [-0.4, -0.2) is 21.7 Å². The summed E-state index contributed by atoms with van der Waals surface area (Å²) in [4.78, 5) is 11.5. The highest BCUT2D eigenvalue weighted by Crippen LogP contribution is 2.35. The number of hydrogen-bond donors (Lipinski definition) is 1. The Morgan fingerprint density at radius 3 is 2.80 bits per heavy atom. The molecule has 3 rings (SSSR count). The molecule has 124 valence electrons. The van der Waals surface area contributed by atoms with Gasteiger partial charge < -0.3 is 5.73 Å². The average Bonchev–Trinajstić information content (AvgIpc) is 3.30. The van der Waals surface area contributed by atoms with Crippen LogP contribution in [0.2, 0.25) is 0 Å². The molecule has 0 radical (unpaired) electrons. The highest BCUT2D eigenvalue weighted by Gasteiger charge is 2.19. The van der Waals surface area contributed by atoms with Gasteiger partial charge in [0.05, 0.1) is 21.4 Å². The highest BCUT2D eigenvalue weighted by atomic mass is 32.1. The van der Waals surface area contributed by atoms with Gasteiger partial charge in [0.15, 0.2) is 5.01 Å². The van der Waals surface area contributed by atoms with Gasteiger partial charge in [-0.2, -0.15) is 5.26 Å². The zero-order chi connectivity index (χ0) is 17.8. The van der Waals surface area contributed by atoms with Crippen LogP contribution in [0.1, 0.15) is 10.6 Å². The summed E-state index contributed by atoms with van der Waals surface area (Å²) in [5, 5.41) is 32.0. The van der Waals surface area contributed by atoms with Crippen molar-refractivity contribution in [3.8, 4) is 16.0 Å². The van der Waals surface area contributed by atoms with Gasteiger partial charge in [-0.15, -0.1) is 21.5 Å². The second-order valence-electron chi connectivity index (χ2n) is 4.87. The third-order valence-electron chi connectivity index (χ3n) is 3.36. The molecule has 2 aromatic heterocycles. The molecule has 2 N–H and O–H groups in total. The lowest BCUT2D eigenvalue weighted by Crippen LogP contribution is -2.05. The van der Waals surface area contributed by atoms with Gasteiger partial charge >= 0.3 is 0 Å². The maximum absolute atomic E-state index is 11.1. The minimum atomic E-state index is -0.479. The number of thiophene rings is 1. The van der Waals surface area contributed by atoms with Crippen LogP contribution in [-0.2, 0) is 0 Å². The zero-order valence-electron chi connectivity index (χ0n) is 12.7. The summed E-state index contributed by atoms with van der Waals surface area (Å²) in [5.41, 5.74) is 6.94. The van der Waals surface area contributed by atoms with Crippen LogP contribution in [0, 0.1) is 21.4 Å². The highest BCUT2D eigenvalue weighted by molar-refractivity contribution is 7.21. The minimum Gasteiger partial charge on any atom is -0.326 e. The molecular formula is C16H11N5O2S2. The Morgan fingerprint density at radius 1 is 1.32 bits per heavy atom. The number of hydrogen-bond acceptors (Lipinski definition) is 8. The number of rotatable bonds is 5. The van der Waals surface area contributed by atoms with Gasteiger partial charge in [0.2, 0.25) is 0 Å². The van der Waals surface area contributed by atoms with Crippen LogP contribution < -0.4 is 5.73 Å². The topological polar surface area (TPSA) is 119 Å². The fourth-order valence-electron chi connectivity index (χ4n) is 2.23. The fourth-order valence-corrected chi connectivity index (χ4v) is 3.96. The number of nitro benzene ring substituents is 1. The summed E-state index contributed by atoms with van der Waals surface area (Å²) >= 11 is 2.86. The Morgan fingerprint density at radius 2 is 2.16 bits per heavy atom. The molecule has 0 aliphatic heterocycles. The number of nitro groups is 1. The third kappa shape index (κ3) is 3.46. The molecule has 0 saturated heterocycles. The summed E-state index contributed by atoms with van der Waals surface area (Å²) in [6.45, 7) is 0.00242. The largest absolute Gasteiger partial charge is 0.326 e. The molecule has 1 aromatic carbocycles. The summed E-state index contributed by atoms with van der Waals surface area (Å²) < 4.78 is 0. The summed E-state index contributed by atoms with van der Waals surface area (Å²) in [6, 6.07) is 12.0. The molecule has 2 heterocycles. The second-order valence-corrected chi connectivity index (χ2v) is 6.79. The first kappa shape index (κ1) is 16.9. The first-order chi connectivity index (χ1) is 12.1. The quantitative estimate of drug-likeness (QED) is 0.418. The maximum Gasteiger partial charge on any atom is 0.270 e. The molecule has 0 aliphatic rings. The Bertz CT molecular complexity index is 986. The molecule has 0 atom stereocenters. The minimum absolute atomic E-state index is 0.00242. The summed E-state index contributed by atoms with van der Waals surface area (Å²) in [7, 11) is 0. The molecule has 25 heavy (non-hydrogen) atoms. The Hall–Kier alpha value is -2.93. The first-order valence-corrected chi connectivity index (χ1v) is 8.79. The Balaban J connectivity index is 2.15. The van der Waals surface area contributed by atoms with E-state index in [9.17, 15) is 15.4 Å². The van der Waals surface area contributed by atoms with Gasteiger partial charge in [-0.05, 0) is 17.0 Å². The smallest absolute Gasteiger partial charge is 0.270 e. The van der Waals surface area contributed by atoms with E-state index in [1.165, 1.54) is 34.8 Å². The number of nitrogens with zero attached hydrogens (tertiary/aromatic N) is 4. The van der Waals surface area contributed by atoms with E-state index in [1.54, 1.807) is 12.1 Å². The van der Waals surface area contributed by atoms with E-state index in [-0.39, 0.29) is 12.2 Å². The van der Waals surface area contributed by atoms with Crippen molar-refractivity contribution in [3.05, 3.63) is 68.0 Å². The normalized spacial score (nSPS) is 11.7. The van der Waals surface area contributed by atoms with E-state index in [4.69, 9.17) is 5.73 Å². The fraction of sp³-hybridized carbons (Fsp3) is 0.0625. The van der Waals surface area contributed by atoms with E-state index in [0.29, 0.717) is 21.7 Å². The van der Waals surface area contributed by atoms with Crippen molar-refractivity contribution in [2.45, 2.75) is 0 Å². The second kappa shape index (κ2) is 7.31. The summed E-state index contributed by atoms with van der Waals surface area (Å²) in [6.07, 6.45) is 0. The van der Waals surface area contributed by atoms with E-state index in [0.717, 1.165) is 9.88 Å². The average molecular weight is 369 g/mol.